The molecule has 0 aliphatic carbocycles. The minimum absolute atomic E-state index is 0.00495. The lowest BCUT2D eigenvalue weighted by atomic mass is 10.1. The average molecular weight is 823 g/mol. The fourth-order valence-electron chi connectivity index (χ4n) is 3.94. The number of hydrogen-bond donors (Lipinski definition) is 4. The lowest BCUT2D eigenvalue weighted by Crippen LogP contribution is -2.16. The Morgan fingerprint density at radius 2 is 1.02 bits per heavy atom. The first-order chi connectivity index (χ1) is 23.9. The predicted octanol–water partition coefficient (Wildman–Crippen LogP) is 7.25. The maximum atomic E-state index is 11.9. The molecular weight excluding hydrogens is 786 g/mol. The number of anilines is 4. The van der Waals surface area contributed by atoms with Crippen LogP contribution in [0.5, 0.6) is 0 Å². The van der Waals surface area contributed by atoms with E-state index in [9.17, 15) is 26.4 Å². The van der Waals surface area contributed by atoms with Gasteiger partial charge in [0, 0.05) is 23.9 Å². The number of nitrogens with one attached hydrogen (secondary N) is 2. The van der Waals surface area contributed by atoms with Crippen molar-refractivity contribution in [1.29, 1.82) is 0 Å². The zero-order valence-corrected chi connectivity index (χ0v) is 32.1. The van der Waals surface area contributed by atoms with E-state index >= 15 is 0 Å². The van der Waals surface area contributed by atoms with Crippen molar-refractivity contribution in [3.8, 4) is 0 Å². The van der Waals surface area contributed by atoms with Crippen molar-refractivity contribution in [2.24, 2.45) is 0 Å². The molecule has 0 saturated heterocycles. The third kappa shape index (κ3) is 17.0. The molecule has 0 fully saturated rings. The van der Waals surface area contributed by atoms with E-state index in [1.165, 1.54) is 0 Å². The second-order valence-electron chi connectivity index (χ2n) is 10.7. The normalized spacial score (nSPS) is 10.9. The van der Waals surface area contributed by atoms with Crippen molar-refractivity contribution in [2.45, 2.75) is 12.8 Å². The second kappa shape index (κ2) is 21.1. The van der Waals surface area contributed by atoms with E-state index in [-0.39, 0.29) is 37.6 Å². The third-order valence-electron chi connectivity index (χ3n) is 6.34. The molecular formula is C34H36Cl4N2O9S2. The fourth-order valence-corrected chi connectivity index (χ4v) is 5.64. The second-order valence-corrected chi connectivity index (χ2v) is 16.9. The molecule has 0 atom stereocenters. The summed E-state index contributed by atoms with van der Waals surface area (Å²) in [6.07, 6.45) is 2.11. The summed E-state index contributed by atoms with van der Waals surface area (Å²) in [6, 6.07) is 24.6. The number of para-hydroxylation sites is 4. The molecule has 0 amide bonds. The van der Waals surface area contributed by atoms with Gasteiger partial charge in [0.2, 0.25) is 0 Å². The smallest absolute Gasteiger partial charge is 0.310 e. The molecule has 4 rings (SSSR count). The minimum atomic E-state index is -3.17. The quantitative estimate of drug-likeness (QED) is 0.1000. The predicted molar refractivity (Wildman–Crippen MR) is 205 cm³/mol. The van der Waals surface area contributed by atoms with Crippen LogP contribution in [0.25, 0.3) is 0 Å². The van der Waals surface area contributed by atoms with Crippen LogP contribution in [0.4, 0.5) is 22.7 Å². The summed E-state index contributed by atoms with van der Waals surface area (Å²) < 4.78 is 47.3. The molecule has 0 spiro atoms. The van der Waals surface area contributed by atoms with E-state index in [1.54, 1.807) is 72.8 Å². The highest BCUT2D eigenvalue weighted by molar-refractivity contribution is 7.90. The van der Waals surface area contributed by atoms with Gasteiger partial charge in [0.1, 0.15) is 16.4 Å². The van der Waals surface area contributed by atoms with Gasteiger partial charge in [0.25, 0.3) is 0 Å². The van der Waals surface area contributed by atoms with E-state index in [2.05, 4.69) is 10.6 Å². The Labute approximate surface area is 317 Å². The van der Waals surface area contributed by atoms with Gasteiger partial charge in [0.15, 0.2) is 9.84 Å². The van der Waals surface area contributed by atoms with Crippen LogP contribution < -0.4 is 10.6 Å². The lowest BCUT2D eigenvalue weighted by Gasteiger charge is -2.14. The molecule has 0 heterocycles. The minimum Gasteiger partial charge on any atom is -0.481 e. The van der Waals surface area contributed by atoms with Gasteiger partial charge in [-0.25, -0.2) is 16.8 Å². The molecule has 51 heavy (non-hydrogen) atoms. The zero-order valence-electron chi connectivity index (χ0n) is 27.4. The number of halogens is 4. The monoisotopic (exact) mass is 820 g/mol. The van der Waals surface area contributed by atoms with E-state index in [4.69, 9.17) is 61.4 Å². The van der Waals surface area contributed by atoms with Crippen molar-refractivity contribution in [3.05, 3.63) is 116 Å². The first-order valence-electron chi connectivity index (χ1n) is 14.8. The first-order valence-corrected chi connectivity index (χ1v) is 20.4. The van der Waals surface area contributed by atoms with Gasteiger partial charge >= 0.3 is 11.9 Å². The van der Waals surface area contributed by atoms with Gasteiger partial charge in [-0.1, -0.05) is 94.9 Å². The zero-order chi connectivity index (χ0) is 38.2. The number of hydrogen-bond acceptors (Lipinski definition) is 10. The Hall–Kier alpha value is -3.56. The number of ether oxygens (including phenoxy) is 1. The molecule has 0 radical (unpaired) electrons. The van der Waals surface area contributed by atoms with E-state index in [0.29, 0.717) is 54.0 Å². The molecule has 4 N–H and O–H groups in total. The molecule has 11 nitrogen and oxygen atoms in total. The van der Waals surface area contributed by atoms with Gasteiger partial charge in [0.05, 0.1) is 62.4 Å². The van der Waals surface area contributed by atoms with Crippen LogP contribution in [0.2, 0.25) is 20.1 Å². The summed E-state index contributed by atoms with van der Waals surface area (Å²) in [5, 5.41) is 25.0. The maximum Gasteiger partial charge on any atom is 0.310 e. The van der Waals surface area contributed by atoms with Crippen molar-refractivity contribution < 1.29 is 41.4 Å². The summed E-state index contributed by atoms with van der Waals surface area (Å²) >= 11 is 24.5. The molecule has 0 unspecified atom stereocenters. The van der Waals surface area contributed by atoms with Crippen LogP contribution in [0, 0.1) is 0 Å². The molecule has 276 valence electrons. The number of carboxylic acids is 1. The molecule has 4 aromatic rings. The topological polar surface area (TPSA) is 176 Å². The van der Waals surface area contributed by atoms with Crippen molar-refractivity contribution >= 4 is 101 Å². The molecule has 17 heteroatoms. The number of sulfone groups is 2. The highest BCUT2D eigenvalue weighted by atomic mass is 35.5. The summed E-state index contributed by atoms with van der Waals surface area (Å²) in [6.45, 7) is -0.442. The first kappa shape index (κ1) is 43.6. The Morgan fingerprint density at radius 1 is 0.627 bits per heavy atom. The molecule has 0 saturated carbocycles. The number of aliphatic carboxylic acids is 1. The summed E-state index contributed by atoms with van der Waals surface area (Å²) in [5.74, 6) is -1.73. The van der Waals surface area contributed by atoms with Crippen LogP contribution in [-0.2, 0) is 46.8 Å². The van der Waals surface area contributed by atoms with Gasteiger partial charge in [-0.3, -0.25) is 9.59 Å². The number of aliphatic hydroxyl groups excluding tert-OH is 1. The van der Waals surface area contributed by atoms with Crippen LogP contribution in [0.15, 0.2) is 84.9 Å². The largest absolute Gasteiger partial charge is 0.481 e. The molecule has 0 aliphatic heterocycles. The Bertz CT molecular complexity index is 1970. The van der Waals surface area contributed by atoms with Crippen molar-refractivity contribution in [2.75, 3.05) is 47.9 Å². The molecule has 0 aliphatic rings. The van der Waals surface area contributed by atoms with Crippen LogP contribution in [0.1, 0.15) is 11.1 Å². The van der Waals surface area contributed by atoms with Gasteiger partial charge in [-0.15, -0.1) is 0 Å². The van der Waals surface area contributed by atoms with Crippen LogP contribution in [-0.4, -0.2) is 76.2 Å². The standard InChI is InChI=1S/C17H17Cl2NO4S.C14H11Cl2NO2.C3H8O3S/c1-25(22,23)10-9-24-16(21)11-12-5-2-3-8-15(12)20-17-13(18)6-4-7-14(17)19;15-10-5-3-6-11(16)14(10)17-12-7-2-1-4-9(12)8-13(18)19;1-7(5,6)3-2-4/h2-8,20H,9-11H2,1H3;1-7,17H,8H2,(H,18,19);4H,2-3H2,1H3. The SMILES string of the molecule is CS(=O)(=O)CCO.CS(=O)(=O)CCOC(=O)Cc1ccccc1Nc1c(Cl)cccc1Cl.O=C(O)Cc1ccccc1Nc1c(Cl)cccc1Cl. The molecule has 0 bridgehead atoms. The fraction of sp³-hybridized carbons (Fsp3) is 0.235. The van der Waals surface area contributed by atoms with E-state index in [1.807, 2.05) is 12.1 Å². The number of rotatable bonds is 13. The summed E-state index contributed by atoms with van der Waals surface area (Å²) in [4.78, 5) is 22.8. The summed E-state index contributed by atoms with van der Waals surface area (Å²) in [7, 11) is -6.09. The number of carbonyl (C=O) groups excluding carboxylic acids is 1. The average Bonchev–Trinajstić information content (AvgIpc) is 3.02. The molecule has 0 aromatic heterocycles. The van der Waals surface area contributed by atoms with E-state index < -0.39 is 31.6 Å². The van der Waals surface area contributed by atoms with Crippen LogP contribution >= 0.6 is 46.4 Å². The lowest BCUT2D eigenvalue weighted by molar-refractivity contribution is -0.142. The third-order valence-corrected chi connectivity index (χ3v) is 9.43. The molecule has 4 aromatic carbocycles. The highest BCUT2D eigenvalue weighted by Gasteiger charge is 2.13. The Morgan fingerprint density at radius 3 is 1.37 bits per heavy atom. The number of benzene rings is 4. The van der Waals surface area contributed by atoms with Gasteiger partial charge in [-0.2, -0.15) is 0 Å². The van der Waals surface area contributed by atoms with Gasteiger partial charge in [-0.05, 0) is 47.5 Å². The van der Waals surface area contributed by atoms with E-state index in [0.717, 1.165) is 12.5 Å². The number of carbonyl (C=O) groups is 2. The highest BCUT2D eigenvalue weighted by Crippen LogP contribution is 2.35. The van der Waals surface area contributed by atoms with Crippen molar-refractivity contribution in [1.82, 2.24) is 0 Å². The van der Waals surface area contributed by atoms with Crippen LogP contribution in [0.3, 0.4) is 0 Å². The Balaban J connectivity index is 0.000000305. The Kier molecular flexibility index (Phi) is 18.0. The maximum absolute atomic E-state index is 11.9. The van der Waals surface area contributed by atoms with Crippen molar-refractivity contribution in [3.63, 3.8) is 0 Å². The number of carboxylic acid groups (broad SMARTS) is 1. The van der Waals surface area contributed by atoms with Gasteiger partial charge < -0.3 is 25.6 Å². The number of esters is 1. The summed E-state index contributed by atoms with van der Waals surface area (Å²) in [5.41, 5.74) is 3.82. The number of aliphatic hydroxyl groups is 1.